The first-order valence-electron chi connectivity index (χ1n) is 20.4. The lowest BCUT2D eigenvalue weighted by Gasteiger charge is -2.39. The first-order valence-corrected chi connectivity index (χ1v) is 20.4. The Kier molecular flexibility index (Phi) is 16.7. The van der Waals surface area contributed by atoms with Crippen LogP contribution in [0.25, 0.3) is 5.57 Å². The molecule has 2 aromatic carbocycles. The van der Waals surface area contributed by atoms with E-state index in [1.165, 1.54) is 7.11 Å². The molecule has 2 fully saturated rings. The van der Waals surface area contributed by atoms with Crippen molar-refractivity contribution in [1.29, 1.82) is 0 Å². The molecule has 2 amide bonds. The third kappa shape index (κ3) is 10.7. The zero-order valence-electron chi connectivity index (χ0n) is 35.9. The minimum Gasteiger partial charge on any atom is -0.509 e. The van der Waals surface area contributed by atoms with Gasteiger partial charge < -0.3 is 39.4 Å². The summed E-state index contributed by atoms with van der Waals surface area (Å²) in [5.74, 6) is 12.1. The highest BCUT2D eigenvalue weighted by molar-refractivity contribution is 6.24. The molecular formula is C47H62N2O9. The van der Waals surface area contributed by atoms with Crippen molar-refractivity contribution in [1.82, 2.24) is 10.6 Å². The van der Waals surface area contributed by atoms with E-state index in [-0.39, 0.29) is 36.2 Å². The van der Waals surface area contributed by atoms with Crippen LogP contribution >= 0.6 is 0 Å². The third-order valence-corrected chi connectivity index (χ3v) is 11.0. The number of esters is 1. The number of aryl methyl sites for hydroxylation is 2. The summed E-state index contributed by atoms with van der Waals surface area (Å²) in [6, 6.07) is 7.50. The smallest absolute Gasteiger partial charge is 0.331 e. The summed E-state index contributed by atoms with van der Waals surface area (Å²) in [7, 11) is 4.50. The summed E-state index contributed by atoms with van der Waals surface area (Å²) in [4.78, 5) is 38.6. The number of nitrogens with one attached hydrogen (secondary N) is 2. The number of ether oxygens (including phenoxy) is 5. The van der Waals surface area contributed by atoms with E-state index in [1.54, 1.807) is 28.1 Å². The Morgan fingerprint density at radius 2 is 1.41 bits per heavy atom. The summed E-state index contributed by atoms with van der Waals surface area (Å²) in [6.45, 7) is 12.8. The van der Waals surface area contributed by atoms with E-state index in [9.17, 15) is 19.5 Å². The van der Waals surface area contributed by atoms with Gasteiger partial charge in [-0.2, -0.15) is 0 Å². The fraction of sp³-hybridized carbons (Fsp3) is 0.553. The van der Waals surface area contributed by atoms with Crippen LogP contribution in [0.4, 0.5) is 0 Å². The van der Waals surface area contributed by atoms with Crippen molar-refractivity contribution >= 4 is 23.4 Å². The molecule has 0 aromatic heterocycles. The molecule has 3 aliphatic rings. The highest BCUT2D eigenvalue weighted by atomic mass is 16.5. The van der Waals surface area contributed by atoms with Gasteiger partial charge in [0.1, 0.15) is 28.3 Å². The maximum Gasteiger partial charge on any atom is 0.331 e. The molecule has 11 heteroatoms. The standard InChI is InChI=1S/C24H33NO5.C23H29NO4/c1-6-9-18-13-17(3)20(21(14-18)28-4)15-22(26)25-24(23(27)29-5)11-8-10-19(16-24)30-12-7-2;1-5-8-16-12-15(3)19(18(13-16)27-4)20-21(25)23(24-22(20)26)10-7-9-17(14-23)28-11-6-2/h13-14,19H,7-8,10-12,15-16H2,1-5H3,(H,25,26);12-13,17,25H,6-7,9-11,14H2,1-4H3,(H,24,26). The molecule has 11 nitrogen and oxygen atoms in total. The van der Waals surface area contributed by atoms with Gasteiger partial charge in [0.05, 0.1) is 45.5 Å². The van der Waals surface area contributed by atoms with Crippen molar-refractivity contribution in [2.24, 2.45) is 0 Å². The van der Waals surface area contributed by atoms with Crippen LogP contribution in [0.5, 0.6) is 11.5 Å². The van der Waals surface area contributed by atoms with Crippen LogP contribution in [0, 0.1) is 37.5 Å². The third-order valence-electron chi connectivity index (χ3n) is 11.0. The van der Waals surface area contributed by atoms with Gasteiger partial charge in [-0.25, -0.2) is 4.79 Å². The SMILES string of the molecule is CC#Cc1cc(C)c(C2=C(O)C3(CCCC(OCCC)C3)NC2=O)c(OC)c1.CC#Cc1cc(C)c(CC(=O)NC2(C(=O)OC)CCCC(OCCC)C2)c(OC)c1. The molecule has 4 unspecified atom stereocenters. The molecular weight excluding hydrogens is 737 g/mol. The summed E-state index contributed by atoms with van der Waals surface area (Å²) in [6.07, 6.45) is 7.71. The number of methoxy groups -OCH3 is 3. The second-order valence-corrected chi connectivity index (χ2v) is 15.3. The average Bonchev–Trinajstić information content (AvgIpc) is 3.43. The topological polar surface area (TPSA) is 142 Å². The zero-order chi connectivity index (χ0) is 42.5. The number of aliphatic hydroxyl groups excluding tert-OH is 1. The minimum absolute atomic E-state index is 0.0423. The highest BCUT2D eigenvalue weighted by Gasteiger charge is 2.50. The fourth-order valence-corrected chi connectivity index (χ4v) is 8.43. The Bertz CT molecular complexity index is 1970. The highest BCUT2D eigenvalue weighted by Crippen LogP contribution is 2.45. The van der Waals surface area contributed by atoms with Crippen LogP contribution in [0.15, 0.2) is 30.0 Å². The molecule has 1 heterocycles. The molecule has 2 saturated carbocycles. The van der Waals surface area contributed by atoms with Crippen molar-refractivity contribution in [3.63, 3.8) is 0 Å². The van der Waals surface area contributed by atoms with Gasteiger partial charge in [0, 0.05) is 48.3 Å². The van der Waals surface area contributed by atoms with E-state index in [1.807, 2.05) is 45.0 Å². The number of carbonyl (C=O) groups is 3. The zero-order valence-corrected chi connectivity index (χ0v) is 35.9. The first-order chi connectivity index (χ1) is 27.8. The van der Waals surface area contributed by atoms with Crippen LogP contribution in [0.1, 0.15) is 125 Å². The van der Waals surface area contributed by atoms with Gasteiger partial charge in [-0.05, 0) is 114 Å². The van der Waals surface area contributed by atoms with Gasteiger partial charge in [-0.3, -0.25) is 9.59 Å². The van der Waals surface area contributed by atoms with Crippen LogP contribution < -0.4 is 20.1 Å². The number of aliphatic hydroxyl groups is 1. The van der Waals surface area contributed by atoms with Gasteiger partial charge in [0.25, 0.3) is 5.91 Å². The summed E-state index contributed by atoms with van der Waals surface area (Å²) >= 11 is 0. The average molecular weight is 799 g/mol. The van der Waals surface area contributed by atoms with Crippen LogP contribution in [0.2, 0.25) is 0 Å². The molecule has 2 aliphatic carbocycles. The molecule has 314 valence electrons. The largest absolute Gasteiger partial charge is 0.509 e. The summed E-state index contributed by atoms with van der Waals surface area (Å²) in [5.41, 5.74) is 3.34. The van der Waals surface area contributed by atoms with E-state index in [0.717, 1.165) is 66.3 Å². The van der Waals surface area contributed by atoms with Gasteiger partial charge >= 0.3 is 5.97 Å². The molecule has 1 aliphatic heterocycles. The lowest BCUT2D eigenvalue weighted by atomic mass is 9.78. The predicted molar refractivity (Wildman–Crippen MR) is 225 cm³/mol. The first kappa shape index (κ1) is 45.7. The van der Waals surface area contributed by atoms with Crippen LogP contribution in [-0.4, -0.2) is 80.7 Å². The molecule has 1 spiro atoms. The van der Waals surface area contributed by atoms with Crippen molar-refractivity contribution in [2.45, 2.75) is 135 Å². The molecule has 2 aromatic rings. The Labute approximate surface area is 345 Å². The monoisotopic (exact) mass is 798 g/mol. The molecule has 0 saturated heterocycles. The van der Waals surface area contributed by atoms with Gasteiger partial charge in [0.15, 0.2) is 0 Å². The van der Waals surface area contributed by atoms with E-state index in [0.29, 0.717) is 61.5 Å². The number of rotatable bonds is 13. The molecule has 0 bridgehead atoms. The summed E-state index contributed by atoms with van der Waals surface area (Å²) in [5, 5.41) is 17.3. The molecule has 3 N–H and O–H groups in total. The van der Waals surface area contributed by atoms with E-state index in [2.05, 4.69) is 41.2 Å². The van der Waals surface area contributed by atoms with Gasteiger partial charge in [-0.1, -0.05) is 25.7 Å². The maximum absolute atomic E-state index is 13.0. The molecule has 58 heavy (non-hydrogen) atoms. The van der Waals surface area contributed by atoms with Crippen molar-refractivity contribution < 1.29 is 43.2 Å². The van der Waals surface area contributed by atoms with Crippen LogP contribution in [0.3, 0.4) is 0 Å². The van der Waals surface area contributed by atoms with E-state index < -0.39 is 17.0 Å². The van der Waals surface area contributed by atoms with E-state index in [4.69, 9.17) is 23.7 Å². The molecule has 4 atom stereocenters. The van der Waals surface area contributed by atoms with Crippen molar-refractivity contribution in [3.05, 3.63) is 63.4 Å². The lowest BCUT2D eigenvalue weighted by molar-refractivity contribution is -0.155. The van der Waals surface area contributed by atoms with Gasteiger partial charge in [0.2, 0.25) is 5.91 Å². The van der Waals surface area contributed by atoms with Gasteiger partial charge in [-0.15, -0.1) is 11.8 Å². The quantitative estimate of drug-likeness (QED) is 0.142. The number of amides is 2. The van der Waals surface area contributed by atoms with Crippen molar-refractivity contribution in [3.8, 4) is 35.2 Å². The molecule has 5 rings (SSSR count). The van der Waals surface area contributed by atoms with Crippen LogP contribution in [-0.2, 0) is 35.0 Å². The van der Waals surface area contributed by atoms with E-state index >= 15 is 0 Å². The summed E-state index contributed by atoms with van der Waals surface area (Å²) < 4.78 is 27.9. The second kappa shape index (κ2) is 21.2. The fourth-order valence-electron chi connectivity index (χ4n) is 8.43. The lowest BCUT2D eigenvalue weighted by Crippen LogP contribution is -2.59. The Balaban J connectivity index is 0.000000257. The number of carbonyl (C=O) groups excluding carboxylic acids is 3. The van der Waals surface area contributed by atoms with Crippen molar-refractivity contribution in [2.75, 3.05) is 34.5 Å². The number of hydrogen-bond acceptors (Lipinski definition) is 9. The Morgan fingerprint density at radius 1 is 0.845 bits per heavy atom. The maximum atomic E-state index is 13.0. The Morgan fingerprint density at radius 3 is 1.98 bits per heavy atom. The minimum atomic E-state index is -1.06. The molecule has 0 radical (unpaired) electrons. The predicted octanol–water partition coefficient (Wildman–Crippen LogP) is 7.20. The number of hydrogen-bond donors (Lipinski definition) is 3. The number of benzene rings is 2. The second-order valence-electron chi connectivity index (χ2n) is 15.3. The normalized spacial score (nSPS) is 22.3. The Hall–Kier alpha value is -4.97.